The van der Waals surface area contributed by atoms with Crippen molar-refractivity contribution in [3.63, 3.8) is 0 Å². The molecule has 11 heavy (non-hydrogen) atoms. The zero-order valence-electron chi connectivity index (χ0n) is 6.39. The van der Waals surface area contributed by atoms with Crippen LogP contribution in [-0.2, 0) is 4.74 Å². The first-order valence-corrected chi connectivity index (χ1v) is 3.21. The van der Waals surface area contributed by atoms with Gasteiger partial charge in [-0.1, -0.05) is 6.92 Å². The second-order valence-corrected chi connectivity index (χ2v) is 2.37. The third kappa shape index (κ3) is 3.79. The first-order valence-electron chi connectivity index (χ1n) is 3.21. The number of rotatable bonds is 3. The van der Waals surface area contributed by atoms with Crippen molar-refractivity contribution in [1.82, 2.24) is 0 Å². The highest BCUT2D eigenvalue weighted by Gasteiger charge is 2.22. The zero-order valence-corrected chi connectivity index (χ0v) is 6.39. The van der Waals surface area contributed by atoms with Crippen molar-refractivity contribution < 1.29 is 24.9 Å². The number of carbonyl (C=O) groups is 1. The molecule has 0 saturated heterocycles. The van der Waals surface area contributed by atoms with E-state index < -0.39 is 24.5 Å². The van der Waals surface area contributed by atoms with Crippen LogP contribution in [0, 0.1) is 5.92 Å². The largest absolute Gasteiger partial charge is 0.508 e. The van der Waals surface area contributed by atoms with Gasteiger partial charge >= 0.3 is 6.16 Å². The average molecular weight is 164 g/mol. The monoisotopic (exact) mass is 164 g/mol. The molecule has 3 atom stereocenters. The van der Waals surface area contributed by atoms with Crippen molar-refractivity contribution in [3.8, 4) is 0 Å². The first-order chi connectivity index (χ1) is 4.95. The van der Waals surface area contributed by atoms with Crippen molar-refractivity contribution in [1.29, 1.82) is 0 Å². The number of carboxylic acid groups (broad SMARTS) is 1. The summed E-state index contributed by atoms with van der Waals surface area (Å²) in [7, 11) is 0. The molecule has 0 spiro atoms. The molecule has 5 heteroatoms. The summed E-state index contributed by atoms with van der Waals surface area (Å²) in [6.07, 6.45) is -3.82. The topological polar surface area (TPSA) is 87.0 Å². The maximum atomic E-state index is 9.87. The normalized spacial score (nSPS) is 18.5. The predicted octanol–water partition coefficient (Wildman–Crippen LogP) is 0.0163. The van der Waals surface area contributed by atoms with Crippen LogP contribution >= 0.6 is 0 Å². The summed E-state index contributed by atoms with van der Waals surface area (Å²) in [6, 6.07) is 0. The molecule has 0 aromatic heterocycles. The molecule has 0 aliphatic carbocycles. The Bertz CT molecular complexity index is 133. The smallest absolute Gasteiger partial charge is 0.450 e. The maximum Gasteiger partial charge on any atom is 0.508 e. The van der Waals surface area contributed by atoms with Gasteiger partial charge in [0.15, 0.2) is 0 Å². The molecule has 0 aromatic rings. The Morgan fingerprint density at radius 3 is 2.09 bits per heavy atom. The molecule has 66 valence electrons. The van der Waals surface area contributed by atoms with Crippen LogP contribution in [0.1, 0.15) is 13.8 Å². The minimum absolute atomic E-state index is 0.619. The summed E-state index contributed by atoms with van der Waals surface area (Å²) in [5.74, 6) is -0.619. The molecule has 0 rings (SSSR count). The van der Waals surface area contributed by atoms with Gasteiger partial charge < -0.3 is 20.1 Å². The van der Waals surface area contributed by atoms with Gasteiger partial charge in [0, 0.05) is 5.92 Å². The minimum Gasteiger partial charge on any atom is -0.450 e. The zero-order chi connectivity index (χ0) is 9.02. The number of aliphatic hydroxyl groups excluding tert-OH is 2. The van der Waals surface area contributed by atoms with E-state index in [-0.39, 0.29) is 0 Å². The molecule has 0 amide bonds. The molecule has 0 aromatic carbocycles. The third-order valence-electron chi connectivity index (χ3n) is 1.43. The fourth-order valence-corrected chi connectivity index (χ4v) is 0.449. The predicted molar refractivity (Wildman–Crippen MR) is 36.0 cm³/mol. The Labute approximate surface area is 64.2 Å². The molecule has 0 radical (unpaired) electrons. The van der Waals surface area contributed by atoms with Gasteiger partial charge in [0.1, 0.15) is 0 Å². The van der Waals surface area contributed by atoms with E-state index in [2.05, 4.69) is 4.74 Å². The summed E-state index contributed by atoms with van der Waals surface area (Å²) in [4.78, 5) is 9.87. The minimum atomic E-state index is -1.55. The van der Waals surface area contributed by atoms with Crippen molar-refractivity contribution in [2.45, 2.75) is 26.2 Å². The van der Waals surface area contributed by atoms with Gasteiger partial charge in [-0.05, 0) is 6.92 Å². The highest BCUT2D eigenvalue weighted by molar-refractivity contribution is 5.56. The Hall–Kier alpha value is -0.810. The van der Waals surface area contributed by atoms with Crippen LogP contribution in [0.2, 0.25) is 0 Å². The maximum absolute atomic E-state index is 9.87. The van der Waals surface area contributed by atoms with Gasteiger partial charge in [-0.2, -0.15) is 0 Å². The summed E-state index contributed by atoms with van der Waals surface area (Å²) in [5, 5.41) is 25.8. The van der Waals surface area contributed by atoms with E-state index in [4.69, 9.17) is 15.3 Å². The lowest BCUT2D eigenvalue weighted by Gasteiger charge is -2.19. The lowest BCUT2D eigenvalue weighted by molar-refractivity contribution is -0.124. The molecule has 3 unspecified atom stereocenters. The van der Waals surface area contributed by atoms with Crippen LogP contribution < -0.4 is 0 Å². The molecular weight excluding hydrogens is 152 g/mol. The molecule has 0 saturated carbocycles. The summed E-state index contributed by atoms with van der Waals surface area (Å²) in [6.45, 7) is 2.93. The van der Waals surface area contributed by atoms with Gasteiger partial charge in [0.2, 0.25) is 6.29 Å². The second kappa shape index (κ2) is 4.15. The van der Waals surface area contributed by atoms with Crippen LogP contribution in [0.4, 0.5) is 4.79 Å². The van der Waals surface area contributed by atoms with E-state index in [1.165, 1.54) is 13.8 Å². The van der Waals surface area contributed by atoms with Crippen LogP contribution in [0.5, 0.6) is 0 Å². The Balaban J connectivity index is 3.82. The van der Waals surface area contributed by atoms with Crippen LogP contribution in [-0.4, -0.2) is 33.9 Å². The van der Waals surface area contributed by atoms with Crippen LogP contribution in [0.15, 0.2) is 0 Å². The molecule has 0 aliphatic heterocycles. The molecule has 0 aliphatic rings. The van der Waals surface area contributed by atoms with Crippen molar-refractivity contribution in [2.24, 2.45) is 5.92 Å². The van der Waals surface area contributed by atoms with E-state index >= 15 is 0 Å². The van der Waals surface area contributed by atoms with Crippen molar-refractivity contribution >= 4 is 6.16 Å². The van der Waals surface area contributed by atoms with E-state index in [0.29, 0.717) is 0 Å². The number of aliphatic hydroxyl groups is 2. The molecule has 0 fully saturated rings. The average Bonchev–Trinajstić information content (AvgIpc) is 1.84. The summed E-state index contributed by atoms with van der Waals surface area (Å²) in [5.41, 5.74) is 0. The number of hydrogen-bond donors (Lipinski definition) is 3. The standard InChI is InChI=1S/C6H12O5/c1-3(4(2)7)5(8)11-6(9)10/h3-5,7-8H,1-2H3,(H,9,10). The molecule has 5 nitrogen and oxygen atoms in total. The molecule has 0 heterocycles. The van der Waals surface area contributed by atoms with Crippen LogP contribution in [0.3, 0.4) is 0 Å². The lowest BCUT2D eigenvalue weighted by atomic mass is 10.1. The number of ether oxygens (including phenoxy) is 1. The summed E-state index contributed by atoms with van der Waals surface area (Å²) < 4.78 is 3.99. The lowest BCUT2D eigenvalue weighted by Crippen LogP contribution is -2.31. The second-order valence-electron chi connectivity index (χ2n) is 2.37. The van der Waals surface area contributed by atoms with Gasteiger partial charge in [0.25, 0.3) is 0 Å². The van der Waals surface area contributed by atoms with Gasteiger partial charge in [-0.25, -0.2) is 4.79 Å². The fourth-order valence-electron chi connectivity index (χ4n) is 0.449. The Kier molecular flexibility index (Phi) is 3.84. The quantitative estimate of drug-likeness (QED) is 0.404. The van der Waals surface area contributed by atoms with E-state index in [0.717, 1.165) is 0 Å². The van der Waals surface area contributed by atoms with E-state index in [9.17, 15) is 4.79 Å². The SMILES string of the molecule is CC(O)C(C)C(O)OC(=O)O. The van der Waals surface area contributed by atoms with Gasteiger partial charge in [0.05, 0.1) is 6.10 Å². The van der Waals surface area contributed by atoms with Crippen molar-refractivity contribution in [2.75, 3.05) is 0 Å². The molecular formula is C6H12O5. The third-order valence-corrected chi connectivity index (χ3v) is 1.43. The molecule has 0 bridgehead atoms. The Morgan fingerprint density at radius 2 is 1.82 bits per heavy atom. The fraction of sp³-hybridized carbons (Fsp3) is 0.833. The first kappa shape index (κ1) is 10.2. The van der Waals surface area contributed by atoms with E-state index in [1.54, 1.807) is 0 Å². The van der Waals surface area contributed by atoms with Gasteiger partial charge in [-0.15, -0.1) is 0 Å². The highest BCUT2D eigenvalue weighted by Crippen LogP contribution is 2.09. The highest BCUT2D eigenvalue weighted by atomic mass is 16.7. The van der Waals surface area contributed by atoms with E-state index in [1.807, 2.05) is 0 Å². The summed E-state index contributed by atoms with van der Waals surface area (Å²) >= 11 is 0. The van der Waals surface area contributed by atoms with Crippen LogP contribution in [0.25, 0.3) is 0 Å². The number of hydrogen-bond acceptors (Lipinski definition) is 4. The Morgan fingerprint density at radius 1 is 1.36 bits per heavy atom. The van der Waals surface area contributed by atoms with Gasteiger partial charge in [-0.3, -0.25) is 0 Å². The van der Waals surface area contributed by atoms with Crippen molar-refractivity contribution in [3.05, 3.63) is 0 Å². The molecule has 3 N–H and O–H groups in total.